The van der Waals surface area contributed by atoms with E-state index in [1.54, 1.807) is 36.4 Å². The SMILES string of the molecule is O=C(Nc1ccc(Cl)cc1)c1cnc(Nc2cccc(F)c2)cn1. The van der Waals surface area contributed by atoms with Crippen LogP contribution in [-0.2, 0) is 0 Å². The van der Waals surface area contributed by atoms with Crippen molar-refractivity contribution in [3.05, 3.63) is 77.5 Å². The molecule has 0 aliphatic heterocycles. The molecule has 1 aromatic heterocycles. The van der Waals surface area contributed by atoms with Crippen LogP contribution in [0.3, 0.4) is 0 Å². The van der Waals surface area contributed by atoms with Gasteiger partial charge in [0.25, 0.3) is 5.91 Å². The van der Waals surface area contributed by atoms with Crippen molar-refractivity contribution < 1.29 is 9.18 Å². The van der Waals surface area contributed by atoms with Crippen LogP contribution < -0.4 is 10.6 Å². The highest BCUT2D eigenvalue weighted by Gasteiger charge is 2.09. The standard InChI is InChI=1S/C17H12ClFN4O/c18-11-4-6-13(7-5-11)23-17(24)15-9-21-16(10-20-15)22-14-3-1-2-12(19)8-14/h1-10H,(H,21,22)(H,23,24). The minimum atomic E-state index is -0.387. The molecule has 0 aliphatic carbocycles. The molecule has 0 fully saturated rings. The van der Waals surface area contributed by atoms with Crippen molar-refractivity contribution in [3.63, 3.8) is 0 Å². The first-order valence-electron chi connectivity index (χ1n) is 7.02. The molecule has 3 aromatic rings. The molecule has 0 radical (unpaired) electrons. The molecular weight excluding hydrogens is 331 g/mol. The maximum atomic E-state index is 13.1. The van der Waals surface area contributed by atoms with Gasteiger partial charge in [0.15, 0.2) is 0 Å². The normalized spacial score (nSPS) is 10.2. The van der Waals surface area contributed by atoms with Crippen molar-refractivity contribution in [3.8, 4) is 0 Å². The first kappa shape index (κ1) is 15.9. The summed E-state index contributed by atoms with van der Waals surface area (Å²) in [6.45, 7) is 0. The number of carbonyl (C=O) groups excluding carboxylic acids is 1. The fraction of sp³-hybridized carbons (Fsp3) is 0. The first-order chi connectivity index (χ1) is 11.6. The van der Waals surface area contributed by atoms with Gasteiger partial charge in [0, 0.05) is 16.4 Å². The Bertz CT molecular complexity index is 853. The van der Waals surface area contributed by atoms with Gasteiger partial charge in [-0.1, -0.05) is 17.7 Å². The van der Waals surface area contributed by atoms with Crippen LogP contribution in [0.15, 0.2) is 60.9 Å². The number of rotatable bonds is 4. The Labute approximate surface area is 142 Å². The van der Waals surface area contributed by atoms with E-state index < -0.39 is 0 Å². The van der Waals surface area contributed by atoms with Crippen molar-refractivity contribution in [2.24, 2.45) is 0 Å². The monoisotopic (exact) mass is 342 g/mol. The van der Waals surface area contributed by atoms with Gasteiger partial charge in [0.05, 0.1) is 12.4 Å². The largest absolute Gasteiger partial charge is 0.339 e. The molecule has 5 nitrogen and oxygen atoms in total. The number of benzene rings is 2. The Hall–Kier alpha value is -2.99. The zero-order chi connectivity index (χ0) is 16.9. The van der Waals surface area contributed by atoms with Crippen molar-refractivity contribution in [2.75, 3.05) is 10.6 Å². The number of hydrogen-bond acceptors (Lipinski definition) is 4. The van der Waals surface area contributed by atoms with Crippen LogP contribution in [0.5, 0.6) is 0 Å². The molecule has 0 atom stereocenters. The van der Waals surface area contributed by atoms with E-state index in [-0.39, 0.29) is 17.4 Å². The maximum absolute atomic E-state index is 13.1. The molecule has 0 bridgehead atoms. The summed E-state index contributed by atoms with van der Waals surface area (Å²) in [5.74, 6) is -0.335. The summed E-state index contributed by atoms with van der Waals surface area (Å²) < 4.78 is 13.1. The fourth-order valence-corrected chi connectivity index (χ4v) is 2.08. The molecule has 120 valence electrons. The summed E-state index contributed by atoms with van der Waals surface area (Å²) in [7, 11) is 0. The van der Waals surface area contributed by atoms with E-state index in [1.165, 1.54) is 24.5 Å². The van der Waals surface area contributed by atoms with Gasteiger partial charge in [0.1, 0.15) is 17.3 Å². The first-order valence-corrected chi connectivity index (χ1v) is 7.39. The van der Waals surface area contributed by atoms with Crippen molar-refractivity contribution in [1.29, 1.82) is 0 Å². The lowest BCUT2D eigenvalue weighted by atomic mass is 10.3. The van der Waals surface area contributed by atoms with Crippen LogP contribution in [-0.4, -0.2) is 15.9 Å². The average Bonchev–Trinajstić information content (AvgIpc) is 2.57. The molecule has 0 aliphatic rings. The number of carbonyl (C=O) groups is 1. The van der Waals surface area contributed by atoms with E-state index in [1.807, 2.05) is 0 Å². The molecular formula is C17H12ClFN4O. The lowest BCUT2D eigenvalue weighted by Gasteiger charge is -2.07. The molecule has 0 saturated carbocycles. The van der Waals surface area contributed by atoms with Gasteiger partial charge < -0.3 is 10.6 Å². The molecule has 7 heteroatoms. The van der Waals surface area contributed by atoms with Gasteiger partial charge in [-0.25, -0.2) is 14.4 Å². The van der Waals surface area contributed by atoms with Crippen LogP contribution in [0.1, 0.15) is 10.5 Å². The zero-order valence-electron chi connectivity index (χ0n) is 12.3. The summed E-state index contributed by atoms with van der Waals surface area (Å²) in [4.78, 5) is 20.3. The second-order valence-corrected chi connectivity index (χ2v) is 5.32. The Kier molecular flexibility index (Phi) is 4.67. The van der Waals surface area contributed by atoms with Gasteiger partial charge in [-0.2, -0.15) is 0 Å². The molecule has 2 N–H and O–H groups in total. The topological polar surface area (TPSA) is 66.9 Å². The quantitative estimate of drug-likeness (QED) is 0.743. The summed E-state index contributed by atoms with van der Waals surface area (Å²) >= 11 is 5.79. The van der Waals surface area contributed by atoms with Gasteiger partial charge >= 0.3 is 0 Å². The molecule has 0 saturated heterocycles. The van der Waals surface area contributed by atoms with Crippen LogP contribution in [0.25, 0.3) is 0 Å². The number of aromatic nitrogens is 2. The highest BCUT2D eigenvalue weighted by molar-refractivity contribution is 6.30. The number of amides is 1. The van der Waals surface area contributed by atoms with Crippen molar-refractivity contribution >= 4 is 34.7 Å². The van der Waals surface area contributed by atoms with Crippen LogP contribution in [0.4, 0.5) is 21.6 Å². The van der Waals surface area contributed by atoms with Crippen molar-refractivity contribution in [1.82, 2.24) is 9.97 Å². The van der Waals surface area contributed by atoms with Crippen molar-refractivity contribution in [2.45, 2.75) is 0 Å². The minimum absolute atomic E-state index is 0.162. The summed E-state index contributed by atoms with van der Waals surface area (Å²) in [6, 6.07) is 12.7. The van der Waals surface area contributed by atoms with Gasteiger partial charge in [-0.15, -0.1) is 0 Å². The van der Waals surface area contributed by atoms with E-state index in [0.717, 1.165) is 0 Å². The number of anilines is 3. The summed E-state index contributed by atoms with van der Waals surface area (Å²) in [5.41, 5.74) is 1.31. The Balaban J connectivity index is 1.67. The third-order valence-corrected chi connectivity index (χ3v) is 3.34. The Morgan fingerprint density at radius 2 is 1.79 bits per heavy atom. The van der Waals surface area contributed by atoms with E-state index in [2.05, 4.69) is 20.6 Å². The lowest BCUT2D eigenvalue weighted by Crippen LogP contribution is -2.14. The van der Waals surface area contributed by atoms with Crippen LogP contribution in [0, 0.1) is 5.82 Å². The smallest absolute Gasteiger partial charge is 0.275 e. The number of hydrogen-bond donors (Lipinski definition) is 2. The predicted molar refractivity (Wildman–Crippen MR) is 91.1 cm³/mol. The van der Waals surface area contributed by atoms with E-state index in [0.29, 0.717) is 22.2 Å². The number of nitrogens with zero attached hydrogens (tertiary/aromatic N) is 2. The van der Waals surface area contributed by atoms with Crippen LogP contribution >= 0.6 is 11.6 Å². The minimum Gasteiger partial charge on any atom is -0.339 e. The van der Waals surface area contributed by atoms with Gasteiger partial charge in [-0.05, 0) is 42.5 Å². The van der Waals surface area contributed by atoms with E-state index >= 15 is 0 Å². The van der Waals surface area contributed by atoms with E-state index in [9.17, 15) is 9.18 Å². The van der Waals surface area contributed by atoms with Gasteiger partial charge in [-0.3, -0.25) is 4.79 Å². The second-order valence-electron chi connectivity index (χ2n) is 4.88. The van der Waals surface area contributed by atoms with Gasteiger partial charge in [0.2, 0.25) is 0 Å². The molecule has 1 amide bonds. The highest BCUT2D eigenvalue weighted by Crippen LogP contribution is 2.16. The third kappa shape index (κ3) is 4.05. The summed E-state index contributed by atoms with van der Waals surface area (Å²) in [6.07, 6.45) is 2.74. The Morgan fingerprint density at radius 1 is 1.00 bits per heavy atom. The molecule has 3 rings (SSSR count). The molecule has 0 spiro atoms. The second kappa shape index (κ2) is 7.06. The lowest BCUT2D eigenvalue weighted by molar-refractivity contribution is 0.102. The predicted octanol–water partition coefficient (Wildman–Crippen LogP) is 4.27. The zero-order valence-corrected chi connectivity index (χ0v) is 13.1. The third-order valence-electron chi connectivity index (χ3n) is 3.08. The van der Waals surface area contributed by atoms with E-state index in [4.69, 9.17) is 11.6 Å². The highest BCUT2D eigenvalue weighted by atomic mass is 35.5. The molecule has 2 aromatic carbocycles. The molecule has 0 unspecified atom stereocenters. The molecule has 1 heterocycles. The fourth-order valence-electron chi connectivity index (χ4n) is 1.95. The Morgan fingerprint density at radius 3 is 2.46 bits per heavy atom. The summed E-state index contributed by atoms with van der Waals surface area (Å²) in [5, 5.41) is 6.18. The average molecular weight is 343 g/mol. The molecule has 24 heavy (non-hydrogen) atoms. The maximum Gasteiger partial charge on any atom is 0.275 e. The van der Waals surface area contributed by atoms with Crippen LogP contribution in [0.2, 0.25) is 5.02 Å². The number of nitrogens with one attached hydrogen (secondary N) is 2. The number of halogens is 2.